The lowest BCUT2D eigenvalue weighted by molar-refractivity contribution is 1.28. The summed E-state index contributed by atoms with van der Waals surface area (Å²) in [5.74, 6) is 0. The number of aryl methyl sites for hydroxylation is 1. The number of aromatic nitrogens is 1. The Morgan fingerprint density at radius 1 is 0.905 bits per heavy atom. The molecule has 3 rings (SSSR count). The van der Waals surface area contributed by atoms with Gasteiger partial charge in [0, 0.05) is 11.8 Å². The largest absolute Gasteiger partial charge is 0.256 e. The minimum absolute atomic E-state index is 0.989. The van der Waals surface area contributed by atoms with E-state index in [1.807, 2.05) is 24.4 Å². The van der Waals surface area contributed by atoms with E-state index in [1.54, 1.807) is 0 Å². The molecule has 1 nitrogen and oxygen atoms in total. The van der Waals surface area contributed by atoms with Crippen LogP contribution in [0, 0.1) is 6.92 Å². The van der Waals surface area contributed by atoms with Gasteiger partial charge in [0.25, 0.3) is 0 Å². The SMILES string of the molecule is C=Cc1ccc(-c2ccccc2)cc1-c1cc(C)ccn1. The lowest BCUT2D eigenvalue weighted by Gasteiger charge is -2.10. The highest BCUT2D eigenvalue weighted by molar-refractivity contribution is 5.78. The molecule has 0 atom stereocenters. The van der Waals surface area contributed by atoms with Gasteiger partial charge in [-0.3, -0.25) is 4.98 Å². The number of hydrogen-bond donors (Lipinski definition) is 0. The van der Waals surface area contributed by atoms with Crippen LogP contribution in [0.15, 0.2) is 73.4 Å². The van der Waals surface area contributed by atoms with Gasteiger partial charge in [-0.1, -0.05) is 55.1 Å². The molecular weight excluding hydrogens is 254 g/mol. The van der Waals surface area contributed by atoms with Gasteiger partial charge in [-0.25, -0.2) is 0 Å². The molecule has 0 saturated carbocycles. The Kier molecular flexibility index (Phi) is 3.65. The molecule has 102 valence electrons. The maximum absolute atomic E-state index is 4.51. The summed E-state index contributed by atoms with van der Waals surface area (Å²) < 4.78 is 0. The highest BCUT2D eigenvalue weighted by Gasteiger charge is 2.07. The first-order valence-electron chi connectivity index (χ1n) is 7.03. The molecule has 0 radical (unpaired) electrons. The van der Waals surface area contributed by atoms with Crippen LogP contribution < -0.4 is 0 Å². The zero-order chi connectivity index (χ0) is 14.7. The Morgan fingerprint density at radius 3 is 2.43 bits per heavy atom. The van der Waals surface area contributed by atoms with Gasteiger partial charge in [0.15, 0.2) is 0 Å². The third-order valence-corrected chi connectivity index (χ3v) is 3.57. The highest BCUT2D eigenvalue weighted by atomic mass is 14.7. The number of pyridine rings is 1. The van der Waals surface area contributed by atoms with Crippen LogP contribution in [0.25, 0.3) is 28.5 Å². The molecule has 1 heterocycles. The lowest BCUT2D eigenvalue weighted by atomic mass is 9.96. The van der Waals surface area contributed by atoms with E-state index in [0.29, 0.717) is 0 Å². The van der Waals surface area contributed by atoms with Gasteiger partial charge in [0.1, 0.15) is 0 Å². The predicted octanol–water partition coefficient (Wildman–Crippen LogP) is 5.37. The van der Waals surface area contributed by atoms with Crippen molar-refractivity contribution < 1.29 is 0 Å². The molecule has 21 heavy (non-hydrogen) atoms. The summed E-state index contributed by atoms with van der Waals surface area (Å²) >= 11 is 0. The molecule has 3 aromatic rings. The second kappa shape index (κ2) is 5.76. The van der Waals surface area contributed by atoms with Gasteiger partial charge in [-0.2, -0.15) is 0 Å². The number of benzene rings is 2. The van der Waals surface area contributed by atoms with Crippen LogP contribution >= 0.6 is 0 Å². The molecule has 0 aliphatic rings. The van der Waals surface area contributed by atoms with Crippen molar-refractivity contribution in [2.45, 2.75) is 6.92 Å². The van der Waals surface area contributed by atoms with Crippen molar-refractivity contribution in [1.29, 1.82) is 0 Å². The summed E-state index contributed by atoms with van der Waals surface area (Å²) in [5, 5.41) is 0. The average molecular weight is 271 g/mol. The smallest absolute Gasteiger partial charge is 0.0710 e. The third-order valence-electron chi connectivity index (χ3n) is 3.57. The number of rotatable bonds is 3. The molecule has 0 saturated heterocycles. The Bertz CT molecular complexity index is 773. The minimum Gasteiger partial charge on any atom is -0.256 e. The van der Waals surface area contributed by atoms with E-state index in [1.165, 1.54) is 16.7 Å². The van der Waals surface area contributed by atoms with Crippen molar-refractivity contribution in [2.75, 3.05) is 0 Å². The van der Waals surface area contributed by atoms with Crippen LogP contribution in [-0.4, -0.2) is 4.98 Å². The molecule has 1 heteroatoms. The molecular formula is C20H17N. The number of hydrogen-bond acceptors (Lipinski definition) is 1. The van der Waals surface area contributed by atoms with Gasteiger partial charge in [-0.05, 0) is 47.4 Å². The Balaban J connectivity index is 2.17. The summed E-state index contributed by atoms with van der Waals surface area (Å²) in [4.78, 5) is 4.51. The van der Waals surface area contributed by atoms with E-state index in [-0.39, 0.29) is 0 Å². The van der Waals surface area contributed by atoms with Crippen molar-refractivity contribution in [3.05, 3.63) is 84.6 Å². The molecule has 0 amide bonds. The number of nitrogens with zero attached hydrogens (tertiary/aromatic N) is 1. The molecule has 0 aliphatic carbocycles. The van der Waals surface area contributed by atoms with Gasteiger partial charge >= 0.3 is 0 Å². The lowest BCUT2D eigenvalue weighted by Crippen LogP contribution is -1.89. The summed E-state index contributed by atoms with van der Waals surface area (Å²) in [5.41, 5.74) is 6.83. The van der Waals surface area contributed by atoms with Crippen molar-refractivity contribution in [3.63, 3.8) is 0 Å². The minimum atomic E-state index is 0.989. The topological polar surface area (TPSA) is 12.9 Å². The van der Waals surface area contributed by atoms with E-state index in [2.05, 4.69) is 67.0 Å². The summed E-state index contributed by atoms with van der Waals surface area (Å²) in [6.45, 7) is 6.00. The van der Waals surface area contributed by atoms with E-state index in [9.17, 15) is 0 Å². The van der Waals surface area contributed by atoms with Gasteiger partial charge in [0.2, 0.25) is 0 Å². The first-order valence-corrected chi connectivity index (χ1v) is 7.03. The van der Waals surface area contributed by atoms with Crippen LogP contribution in [0.5, 0.6) is 0 Å². The standard InChI is InChI=1S/C20H17N/c1-3-16-9-10-18(17-7-5-4-6-8-17)14-19(16)20-13-15(2)11-12-21-20/h3-14H,1H2,2H3. The fourth-order valence-electron chi connectivity index (χ4n) is 2.45. The third kappa shape index (κ3) is 2.77. The van der Waals surface area contributed by atoms with Gasteiger partial charge in [0.05, 0.1) is 5.69 Å². The first kappa shape index (κ1) is 13.3. The van der Waals surface area contributed by atoms with Gasteiger partial charge in [-0.15, -0.1) is 0 Å². The van der Waals surface area contributed by atoms with Crippen molar-refractivity contribution in [1.82, 2.24) is 4.98 Å². The zero-order valence-corrected chi connectivity index (χ0v) is 12.1. The predicted molar refractivity (Wildman–Crippen MR) is 89.9 cm³/mol. The van der Waals surface area contributed by atoms with Crippen molar-refractivity contribution in [2.24, 2.45) is 0 Å². The van der Waals surface area contributed by atoms with Crippen LogP contribution in [0.1, 0.15) is 11.1 Å². The van der Waals surface area contributed by atoms with Crippen molar-refractivity contribution in [3.8, 4) is 22.4 Å². The van der Waals surface area contributed by atoms with E-state index < -0.39 is 0 Å². The normalized spacial score (nSPS) is 10.3. The van der Waals surface area contributed by atoms with Gasteiger partial charge < -0.3 is 0 Å². The Morgan fingerprint density at radius 2 is 1.71 bits per heavy atom. The van der Waals surface area contributed by atoms with Crippen LogP contribution in [0.4, 0.5) is 0 Å². The molecule has 0 bridgehead atoms. The van der Waals surface area contributed by atoms with E-state index in [0.717, 1.165) is 16.8 Å². The summed E-state index contributed by atoms with van der Waals surface area (Å²) in [7, 11) is 0. The maximum Gasteiger partial charge on any atom is 0.0710 e. The summed E-state index contributed by atoms with van der Waals surface area (Å²) in [6, 6.07) is 20.9. The second-order valence-corrected chi connectivity index (χ2v) is 5.09. The zero-order valence-electron chi connectivity index (χ0n) is 12.1. The Labute approximate surface area is 125 Å². The summed E-state index contributed by atoms with van der Waals surface area (Å²) in [6.07, 6.45) is 3.74. The van der Waals surface area contributed by atoms with Crippen LogP contribution in [0.3, 0.4) is 0 Å². The maximum atomic E-state index is 4.51. The fraction of sp³-hybridized carbons (Fsp3) is 0.0500. The van der Waals surface area contributed by atoms with Crippen LogP contribution in [0.2, 0.25) is 0 Å². The van der Waals surface area contributed by atoms with E-state index >= 15 is 0 Å². The molecule has 2 aromatic carbocycles. The first-order chi connectivity index (χ1) is 10.3. The van der Waals surface area contributed by atoms with Crippen molar-refractivity contribution >= 4 is 6.08 Å². The second-order valence-electron chi connectivity index (χ2n) is 5.09. The molecule has 0 spiro atoms. The quantitative estimate of drug-likeness (QED) is 0.624. The average Bonchev–Trinajstić information content (AvgIpc) is 2.55. The molecule has 0 aliphatic heterocycles. The molecule has 0 unspecified atom stereocenters. The Hall–Kier alpha value is -2.67. The molecule has 1 aromatic heterocycles. The highest BCUT2D eigenvalue weighted by Crippen LogP contribution is 2.29. The molecule has 0 fully saturated rings. The monoisotopic (exact) mass is 271 g/mol. The fourth-order valence-corrected chi connectivity index (χ4v) is 2.45. The van der Waals surface area contributed by atoms with Crippen LogP contribution in [-0.2, 0) is 0 Å². The molecule has 0 N–H and O–H groups in total. The van der Waals surface area contributed by atoms with E-state index in [4.69, 9.17) is 0 Å².